The van der Waals surface area contributed by atoms with Crippen LogP contribution in [0.2, 0.25) is 0 Å². The van der Waals surface area contributed by atoms with Crippen molar-refractivity contribution in [1.29, 1.82) is 0 Å². The molecule has 0 bridgehead atoms. The molecule has 4 nitrogen and oxygen atoms in total. The number of hydrogen-bond acceptors (Lipinski definition) is 3. The van der Waals surface area contributed by atoms with E-state index in [4.69, 9.17) is 0 Å². The fourth-order valence-electron chi connectivity index (χ4n) is 1.78. The van der Waals surface area contributed by atoms with Crippen LogP contribution in [0.1, 0.15) is 22.8 Å². The Kier molecular flexibility index (Phi) is 4.18. The number of carbonyl (C=O) groups excluding carboxylic acids is 2. The van der Waals surface area contributed by atoms with Crippen molar-refractivity contribution >= 4 is 17.4 Å². The van der Waals surface area contributed by atoms with Gasteiger partial charge in [0.2, 0.25) is 0 Å². The minimum atomic E-state index is -0.337. The Bertz CT molecular complexity index is 705. The van der Waals surface area contributed by atoms with Gasteiger partial charge in [0.1, 0.15) is 5.75 Å². The number of anilines is 1. The lowest BCUT2D eigenvalue weighted by Gasteiger charge is -2.08. The second-order valence-electron chi connectivity index (χ2n) is 4.66. The van der Waals surface area contributed by atoms with E-state index in [1.807, 2.05) is 6.07 Å². The van der Waals surface area contributed by atoms with Crippen molar-refractivity contribution < 1.29 is 14.7 Å². The minimum Gasteiger partial charge on any atom is -0.507 e. The highest BCUT2D eigenvalue weighted by Crippen LogP contribution is 2.24. The first-order valence-electron chi connectivity index (χ1n) is 6.38. The molecule has 0 heterocycles. The third-order valence-electron chi connectivity index (χ3n) is 2.92. The van der Waals surface area contributed by atoms with Gasteiger partial charge in [-0.15, -0.1) is 0 Å². The Morgan fingerprint density at radius 3 is 2.33 bits per heavy atom. The molecule has 2 aromatic rings. The summed E-state index contributed by atoms with van der Waals surface area (Å²) < 4.78 is 0. The molecule has 0 unspecified atom stereocenters. The normalized spacial score (nSPS) is 9.95. The molecule has 2 aromatic carbocycles. The molecular weight excluding hydrogens is 266 g/mol. The van der Waals surface area contributed by atoms with Gasteiger partial charge in [0.05, 0.1) is 5.56 Å². The molecule has 2 rings (SSSR count). The Morgan fingerprint density at radius 1 is 1.10 bits per heavy atom. The molecule has 0 aromatic heterocycles. The van der Waals surface area contributed by atoms with Gasteiger partial charge < -0.3 is 10.4 Å². The van der Waals surface area contributed by atoms with Gasteiger partial charge in [-0.1, -0.05) is 36.9 Å². The maximum Gasteiger partial charge on any atom is 0.250 e. The average Bonchev–Trinajstić information content (AvgIpc) is 2.47. The predicted octanol–water partition coefficient (Wildman–Crippen LogP) is 3.14. The summed E-state index contributed by atoms with van der Waals surface area (Å²) in [5.41, 5.74) is 1.45. The molecule has 0 radical (unpaired) electrons. The number of aromatic hydroxyl groups is 1. The number of benzene rings is 2. The summed E-state index contributed by atoms with van der Waals surface area (Å²) in [5, 5.41) is 12.6. The van der Waals surface area contributed by atoms with Crippen LogP contribution < -0.4 is 5.32 Å². The SMILES string of the molecule is C=C(C)C(=O)Nc1ccc(C(=O)c2ccccc2)c(O)c1. The van der Waals surface area contributed by atoms with Crippen LogP contribution in [0.15, 0.2) is 60.7 Å². The van der Waals surface area contributed by atoms with Gasteiger partial charge in [-0.3, -0.25) is 9.59 Å². The lowest BCUT2D eigenvalue weighted by Crippen LogP contribution is -2.12. The molecule has 0 spiro atoms. The summed E-state index contributed by atoms with van der Waals surface area (Å²) in [6.07, 6.45) is 0. The second-order valence-corrected chi connectivity index (χ2v) is 4.66. The summed E-state index contributed by atoms with van der Waals surface area (Å²) in [4.78, 5) is 23.8. The molecule has 0 aliphatic carbocycles. The fraction of sp³-hybridized carbons (Fsp3) is 0.0588. The molecule has 0 aliphatic heterocycles. The summed E-state index contributed by atoms with van der Waals surface area (Å²) in [6.45, 7) is 5.12. The van der Waals surface area contributed by atoms with Crippen LogP contribution in [-0.2, 0) is 4.79 Å². The van der Waals surface area contributed by atoms with Crippen LogP contribution in [0.4, 0.5) is 5.69 Å². The molecule has 4 heteroatoms. The number of phenols is 1. The molecule has 0 fully saturated rings. The van der Waals surface area contributed by atoms with E-state index in [1.54, 1.807) is 37.3 Å². The number of ketones is 1. The van der Waals surface area contributed by atoms with Crippen LogP contribution in [0, 0.1) is 0 Å². The van der Waals surface area contributed by atoms with Crippen LogP contribution in [0.3, 0.4) is 0 Å². The quantitative estimate of drug-likeness (QED) is 0.668. The Balaban J connectivity index is 2.26. The van der Waals surface area contributed by atoms with Crippen molar-refractivity contribution in [1.82, 2.24) is 0 Å². The standard InChI is InChI=1S/C17H15NO3/c1-11(2)17(21)18-13-8-9-14(15(19)10-13)16(20)12-6-4-3-5-7-12/h3-10,19H,1H2,2H3,(H,18,21). The molecule has 1 amide bonds. The highest BCUT2D eigenvalue weighted by Gasteiger charge is 2.14. The van der Waals surface area contributed by atoms with E-state index in [1.165, 1.54) is 12.1 Å². The van der Waals surface area contributed by atoms with Gasteiger partial charge in [-0.25, -0.2) is 0 Å². The first-order valence-corrected chi connectivity index (χ1v) is 6.38. The van der Waals surface area contributed by atoms with Crippen LogP contribution in [-0.4, -0.2) is 16.8 Å². The Morgan fingerprint density at radius 2 is 1.76 bits per heavy atom. The lowest BCUT2D eigenvalue weighted by atomic mass is 10.0. The summed E-state index contributed by atoms with van der Waals surface area (Å²) in [5.74, 6) is -0.786. The number of carbonyl (C=O) groups is 2. The van der Waals surface area contributed by atoms with Crippen molar-refractivity contribution in [3.8, 4) is 5.75 Å². The smallest absolute Gasteiger partial charge is 0.250 e. The first-order chi connectivity index (χ1) is 9.99. The number of rotatable bonds is 4. The van der Waals surface area contributed by atoms with E-state index in [9.17, 15) is 14.7 Å². The zero-order valence-electron chi connectivity index (χ0n) is 11.6. The average molecular weight is 281 g/mol. The van der Waals surface area contributed by atoms with Crippen molar-refractivity contribution in [3.63, 3.8) is 0 Å². The van der Waals surface area contributed by atoms with E-state index in [0.717, 1.165) is 0 Å². The van der Waals surface area contributed by atoms with Crippen molar-refractivity contribution in [3.05, 3.63) is 71.8 Å². The lowest BCUT2D eigenvalue weighted by molar-refractivity contribution is -0.112. The zero-order valence-corrected chi connectivity index (χ0v) is 11.6. The molecule has 2 N–H and O–H groups in total. The highest BCUT2D eigenvalue weighted by molar-refractivity contribution is 6.11. The summed E-state index contributed by atoms with van der Waals surface area (Å²) in [7, 11) is 0. The van der Waals surface area contributed by atoms with Gasteiger partial charge >= 0.3 is 0 Å². The molecule has 0 atom stereocenters. The Labute approximate surface area is 122 Å². The summed E-state index contributed by atoms with van der Waals surface area (Å²) in [6, 6.07) is 13.1. The van der Waals surface area contributed by atoms with Crippen molar-refractivity contribution in [2.45, 2.75) is 6.92 Å². The van der Waals surface area contributed by atoms with Gasteiger partial charge in [-0.05, 0) is 19.1 Å². The molecule has 0 aliphatic rings. The van der Waals surface area contributed by atoms with E-state index in [-0.39, 0.29) is 23.0 Å². The predicted molar refractivity (Wildman–Crippen MR) is 81.4 cm³/mol. The van der Waals surface area contributed by atoms with Crippen molar-refractivity contribution in [2.24, 2.45) is 0 Å². The fourth-order valence-corrected chi connectivity index (χ4v) is 1.78. The van der Waals surface area contributed by atoms with E-state index in [0.29, 0.717) is 16.8 Å². The third kappa shape index (κ3) is 3.36. The first kappa shape index (κ1) is 14.5. The van der Waals surface area contributed by atoms with Gasteiger partial charge in [0.25, 0.3) is 5.91 Å². The number of hydrogen-bond donors (Lipinski definition) is 2. The largest absolute Gasteiger partial charge is 0.507 e. The van der Waals surface area contributed by atoms with Gasteiger partial charge in [0.15, 0.2) is 5.78 Å². The number of amides is 1. The highest BCUT2D eigenvalue weighted by atomic mass is 16.3. The van der Waals surface area contributed by atoms with Crippen LogP contribution in [0.5, 0.6) is 5.75 Å². The maximum absolute atomic E-state index is 12.2. The number of phenolic OH excluding ortho intramolecular Hbond substituents is 1. The second kappa shape index (κ2) is 6.05. The summed E-state index contributed by atoms with van der Waals surface area (Å²) >= 11 is 0. The van der Waals surface area contributed by atoms with Gasteiger partial charge in [-0.2, -0.15) is 0 Å². The van der Waals surface area contributed by atoms with Crippen LogP contribution in [0.25, 0.3) is 0 Å². The van der Waals surface area contributed by atoms with Crippen LogP contribution >= 0.6 is 0 Å². The Hall–Kier alpha value is -2.88. The molecule has 0 saturated heterocycles. The van der Waals surface area contributed by atoms with E-state index in [2.05, 4.69) is 11.9 Å². The molecule has 106 valence electrons. The molecular formula is C17H15NO3. The maximum atomic E-state index is 12.2. The monoisotopic (exact) mass is 281 g/mol. The van der Waals surface area contributed by atoms with E-state index >= 15 is 0 Å². The molecule has 21 heavy (non-hydrogen) atoms. The van der Waals surface area contributed by atoms with Gasteiger partial charge in [0, 0.05) is 22.9 Å². The third-order valence-corrected chi connectivity index (χ3v) is 2.92. The minimum absolute atomic E-state index is 0.177. The number of nitrogens with one attached hydrogen (secondary N) is 1. The zero-order chi connectivity index (χ0) is 15.4. The topological polar surface area (TPSA) is 66.4 Å². The molecule has 0 saturated carbocycles. The van der Waals surface area contributed by atoms with Crippen molar-refractivity contribution in [2.75, 3.05) is 5.32 Å². The van der Waals surface area contributed by atoms with E-state index < -0.39 is 0 Å².